The summed E-state index contributed by atoms with van der Waals surface area (Å²) in [7, 11) is 0. The molecule has 1 aromatic carbocycles. The molecule has 0 aliphatic rings. The van der Waals surface area contributed by atoms with E-state index in [0.717, 1.165) is 32.9 Å². The topological polar surface area (TPSA) is 37.8 Å². The maximum atomic E-state index is 6.32. The minimum absolute atomic E-state index is 0.416. The number of hydrogen-bond donors (Lipinski definition) is 1. The van der Waals surface area contributed by atoms with Gasteiger partial charge in [0.15, 0.2) is 5.16 Å². The van der Waals surface area contributed by atoms with Gasteiger partial charge in [0.05, 0.1) is 0 Å². The molecule has 0 radical (unpaired) electrons. The number of benzene rings is 1. The summed E-state index contributed by atoms with van der Waals surface area (Å²) in [5, 5.41) is 4.92. The van der Waals surface area contributed by atoms with Gasteiger partial charge < -0.3 is 5.32 Å². The van der Waals surface area contributed by atoms with Crippen LogP contribution in [0.2, 0.25) is 5.02 Å². The van der Waals surface area contributed by atoms with Crippen molar-refractivity contribution >= 4 is 23.4 Å². The zero-order chi connectivity index (χ0) is 14.5. The molecular weight excluding hydrogens is 290 g/mol. The van der Waals surface area contributed by atoms with Gasteiger partial charge in [-0.05, 0) is 42.4 Å². The molecule has 0 amide bonds. The molecule has 5 heteroatoms. The van der Waals surface area contributed by atoms with Crippen LogP contribution in [0.4, 0.5) is 0 Å². The van der Waals surface area contributed by atoms with E-state index in [-0.39, 0.29) is 0 Å². The van der Waals surface area contributed by atoms with Gasteiger partial charge in [0.2, 0.25) is 0 Å². The van der Waals surface area contributed by atoms with Crippen molar-refractivity contribution in [2.75, 3.05) is 0 Å². The lowest BCUT2D eigenvalue weighted by Gasteiger charge is -2.13. The van der Waals surface area contributed by atoms with Gasteiger partial charge in [-0.25, -0.2) is 9.97 Å². The van der Waals surface area contributed by atoms with Crippen molar-refractivity contribution in [3.05, 3.63) is 46.7 Å². The first-order chi connectivity index (χ1) is 9.56. The fourth-order valence-corrected chi connectivity index (χ4v) is 2.93. The predicted octanol–water partition coefficient (Wildman–Crippen LogP) is 4.09. The lowest BCUT2D eigenvalue weighted by Crippen LogP contribution is -2.22. The van der Waals surface area contributed by atoms with Gasteiger partial charge in [-0.2, -0.15) is 0 Å². The molecule has 1 aromatic heterocycles. The predicted molar refractivity (Wildman–Crippen MR) is 84.3 cm³/mol. The van der Waals surface area contributed by atoms with Gasteiger partial charge in [-0.3, -0.25) is 0 Å². The van der Waals surface area contributed by atoms with Crippen LogP contribution in [0.1, 0.15) is 25.1 Å². The second kappa shape index (κ2) is 7.07. The van der Waals surface area contributed by atoms with Gasteiger partial charge in [0, 0.05) is 34.4 Å². The average molecular weight is 308 g/mol. The average Bonchev–Trinajstić information content (AvgIpc) is 2.38. The standard InChI is InChI=1S/C15H18ClN3S/c1-10(2)18-9-12-13(16)5-4-6-14(12)20-15-17-8-7-11(3)19-15/h4-8,10,18H,9H2,1-3H3. The highest BCUT2D eigenvalue weighted by Crippen LogP contribution is 2.32. The van der Waals surface area contributed by atoms with Crippen LogP contribution in [-0.2, 0) is 6.54 Å². The molecule has 0 aliphatic heterocycles. The highest BCUT2D eigenvalue weighted by Gasteiger charge is 2.10. The summed E-state index contributed by atoms with van der Waals surface area (Å²) in [6.07, 6.45) is 1.78. The van der Waals surface area contributed by atoms with Crippen LogP contribution in [0.25, 0.3) is 0 Å². The normalized spacial score (nSPS) is 11.1. The Hall–Kier alpha value is -1.10. The van der Waals surface area contributed by atoms with Crippen LogP contribution in [0.15, 0.2) is 40.5 Å². The van der Waals surface area contributed by atoms with Gasteiger partial charge >= 0.3 is 0 Å². The largest absolute Gasteiger partial charge is 0.310 e. The highest BCUT2D eigenvalue weighted by atomic mass is 35.5. The Labute approximate surface area is 129 Å². The molecule has 0 unspecified atom stereocenters. The summed E-state index contributed by atoms with van der Waals surface area (Å²) < 4.78 is 0. The van der Waals surface area contributed by atoms with Crippen molar-refractivity contribution < 1.29 is 0 Å². The lowest BCUT2D eigenvalue weighted by atomic mass is 10.2. The van der Waals surface area contributed by atoms with Crippen LogP contribution in [0.3, 0.4) is 0 Å². The van der Waals surface area contributed by atoms with E-state index < -0.39 is 0 Å². The minimum Gasteiger partial charge on any atom is -0.310 e. The maximum absolute atomic E-state index is 6.32. The van der Waals surface area contributed by atoms with E-state index in [4.69, 9.17) is 11.6 Å². The highest BCUT2D eigenvalue weighted by molar-refractivity contribution is 7.99. The molecule has 0 spiro atoms. The second-order valence-corrected chi connectivity index (χ2v) is 6.25. The number of rotatable bonds is 5. The molecule has 0 atom stereocenters. The molecule has 1 N–H and O–H groups in total. The van der Waals surface area contributed by atoms with Gasteiger partial charge in [-0.15, -0.1) is 0 Å². The summed E-state index contributed by atoms with van der Waals surface area (Å²) >= 11 is 7.86. The van der Waals surface area contributed by atoms with E-state index in [1.165, 1.54) is 0 Å². The van der Waals surface area contributed by atoms with Crippen molar-refractivity contribution in [1.29, 1.82) is 0 Å². The third-order valence-corrected chi connectivity index (χ3v) is 4.07. The van der Waals surface area contributed by atoms with Crippen molar-refractivity contribution in [3.8, 4) is 0 Å². The fourth-order valence-electron chi connectivity index (χ4n) is 1.69. The molecule has 0 fully saturated rings. The molecule has 0 saturated heterocycles. The number of nitrogens with one attached hydrogen (secondary N) is 1. The molecule has 0 saturated carbocycles. The Morgan fingerprint density at radius 3 is 2.80 bits per heavy atom. The second-order valence-electron chi connectivity index (χ2n) is 4.83. The Bertz CT molecular complexity index is 587. The zero-order valence-corrected chi connectivity index (χ0v) is 13.4. The van der Waals surface area contributed by atoms with Gasteiger partial charge in [0.25, 0.3) is 0 Å². The van der Waals surface area contributed by atoms with Crippen molar-refractivity contribution in [2.45, 2.75) is 43.4 Å². The SMILES string of the molecule is Cc1ccnc(Sc2cccc(Cl)c2CNC(C)C)n1. The van der Waals surface area contributed by atoms with Crippen molar-refractivity contribution in [2.24, 2.45) is 0 Å². The first-order valence-corrected chi connectivity index (χ1v) is 7.74. The van der Waals surface area contributed by atoms with E-state index in [0.29, 0.717) is 6.04 Å². The Morgan fingerprint density at radius 2 is 2.10 bits per heavy atom. The quantitative estimate of drug-likeness (QED) is 0.844. The summed E-state index contributed by atoms with van der Waals surface area (Å²) in [4.78, 5) is 9.81. The lowest BCUT2D eigenvalue weighted by molar-refractivity contribution is 0.585. The molecule has 2 aromatic rings. The van der Waals surface area contributed by atoms with E-state index in [1.54, 1.807) is 18.0 Å². The summed E-state index contributed by atoms with van der Waals surface area (Å²) in [5.41, 5.74) is 2.06. The van der Waals surface area contributed by atoms with Gasteiger partial charge in [-0.1, -0.05) is 31.5 Å². The number of nitrogens with zero attached hydrogens (tertiary/aromatic N) is 2. The number of hydrogen-bond acceptors (Lipinski definition) is 4. The summed E-state index contributed by atoms with van der Waals surface area (Å²) in [5.74, 6) is 0. The molecule has 3 nitrogen and oxygen atoms in total. The van der Waals surface area contributed by atoms with Crippen molar-refractivity contribution in [3.63, 3.8) is 0 Å². The molecule has 1 heterocycles. The molecule has 20 heavy (non-hydrogen) atoms. The Kier molecular flexibility index (Phi) is 5.40. The number of aromatic nitrogens is 2. The van der Waals surface area contributed by atoms with E-state index >= 15 is 0 Å². The minimum atomic E-state index is 0.416. The number of aryl methyl sites for hydroxylation is 1. The van der Waals surface area contributed by atoms with Crippen LogP contribution in [0.5, 0.6) is 0 Å². The summed E-state index contributed by atoms with van der Waals surface area (Å²) in [6.45, 7) is 6.94. The van der Waals surface area contributed by atoms with Gasteiger partial charge in [0.1, 0.15) is 0 Å². The van der Waals surface area contributed by atoms with Crippen LogP contribution in [-0.4, -0.2) is 16.0 Å². The monoisotopic (exact) mass is 307 g/mol. The molecule has 106 valence electrons. The van der Waals surface area contributed by atoms with E-state index in [2.05, 4.69) is 35.2 Å². The third-order valence-electron chi connectivity index (χ3n) is 2.74. The Balaban J connectivity index is 2.24. The van der Waals surface area contributed by atoms with Crippen molar-refractivity contribution in [1.82, 2.24) is 15.3 Å². The molecule has 2 rings (SSSR count). The Morgan fingerprint density at radius 1 is 1.30 bits per heavy atom. The van der Waals surface area contributed by atoms with Crippen LogP contribution in [0, 0.1) is 6.92 Å². The first-order valence-electron chi connectivity index (χ1n) is 6.54. The van der Waals surface area contributed by atoms with Crippen LogP contribution >= 0.6 is 23.4 Å². The van der Waals surface area contributed by atoms with E-state index in [9.17, 15) is 0 Å². The molecular formula is C15H18ClN3S. The van der Waals surface area contributed by atoms with Crippen LogP contribution < -0.4 is 5.32 Å². The molecule has 0 aliphatic carbocycles. The summed E-state index contributed by atoms with van der Waals surface area (Å²) in [6, 6.07) is 8.24. The molecule has 0 bridgehead atoms. The number of halogens is 1. The third kappa shape index (κ3) is 4.20. The first kappa shape index (κ1) is 15.3. The van der Waals surface area contributed by atoms with E-state index in [1.807, 2.05) is 25.1 Å². The smallest absolute Gasteiger partial charge is 0.192 e. The fraction of sp³-hybridized carbons (Fsp3) is 0.333. The zero-order valence-electron chi connectivity index (χ0n) is 11.9. The maximum Gasteiger partial charge on any atom is 0.192 e.